The Morgan fingerprint density at radius 1 is 1.03 bits per heavy atom. The molecule has 31 heavy (non-hydrogen) atoms. The lowest BCUT2D eigenvalue weighted by Crippen LogP contribution is -2.30. The van der Waals surface area contributed by atoms with Crippen molar-refractivity contribution in [2.75, 3.05) is 17.2 Å². The summed E-state index contributed by atoms with van der Waals surface area (Å²) in [5, 5.41) is 5.42. The van der Waals surface area contributed by atoms with Crippen LogP contribution in [0.4, 0.5) is 15.8 Å². The van der Waals surface area contributed by atoms with Crippen LogP contribution in [0.5, 0.6) is 17.2 Å². The van der Waals surface area contributed by atoms with Gasteiger partial charge in [-0.3, -0.25) is 9.59 Å². The smallest absolute Gasteiger partial charge is 0.232 e. The fourth-order valence-electron chi connectivity index (χ4n) is 3.41. The van der Waals surface area contributed by atoms with E-state index in [2.05, 4.69) is 10.6 Å². The minimum absolute atomic E-state index is 0.00337. The van der Waals surface area contributed by atoms with Crippen molar-refractivity contribution in [1.82, 2.24) is 0 Å². The minimum atomic E-state index is -0.691. The summed E-state index contributed by atoms with van der Waals surface area (Å²) in [4.78, 5) is 24.7. The van der Waals surface area contributed by atoms with E-state index in [1.807, 2.05) is 31.2 Å². The number of carbonyl (C=O) groups excluding carboxylic acids is 2. The van der Waals surface area contributed by atoms with Crippen LogP contribution in [0, 0.1) is 5.82 Å². The van der Waals surface area contributed by atoms with Gasteiger partial charge in [0, 0.05) is 17.8 Å². The van der Waals surface area contributed by atoms with Crippen molar-refractivity contribution in [2.24, 2.45) is 0 Å². The predicted octanol–water partition coefficient (Wildman–Crippen LogP) is 5.08. The second-order valence-corrected chi connectivity index (χ2v) is 7.06. The SMILES string of the molecule is CCOc1ccc(Oc2ccc(NC(=O)C3CC(=O)Nc4cc(F)ccc43)cc2)cc1. The maximum atomic E-state index is 13.5. The molecular weight excluding hydrogens is 399 g/mol. The Bertz CT molecular complexity index is 1100. The third-order valence-electron chi connectivity index (χ3n) is 4.86. The average molecular weight is 420 g/mol. The summed E-state index contributed by atoms with van der Waals surface area (Å²) in [6, 6.07) is 18.2. The molecule has 4 rings (SSSR count). The van der Waals surface area contributed by atoms with Gasteiger partial charge in [0.1, 0.15) is 23.1 Å². The molecule has 0 spiro atoms. The van der Waals surface area contributed by atoms with Gasteiger partial charge >= 0.3 is 0 Å². The topological polar surface area (TPSA) is 76.7 Å². The Labute approximate surface area is 179 Å². The van der Waals surface area contributed by atoms with Crippen molar-refractivity contribution >= 4 is 23.2 Å². The van der Waals surface area contributed by atoms with Crippen molar-refractivity contribution in [3.05, 3.63) is 78.1 Å². The van der Waals surface area contributed by atoms with E-state index in [1.165, 1.54) is 18.2 Å². The van der Waals surface area contributed by atoms with Crippen molar-refractivity contribution < 1.29 is 23.5 Å². The molecule has 6 nitrogen and oxygen atoms in total. The van der Waals surface area contributed by atoms with E-state index in [0.717, 1.165) is 5.75 Å². The van der Waals surface area contributed by atoms with Crippen LogP contribution in [0.3, 0.4) is 0 Å². The number of hydrogen-bond donors (Lipinski definition) is 2. The minimum Gasteiger partial charge on any atom is -0.494 e. The van der Waals surface area contributed by atoms with Crippen LogP contribution in [-0.2, 0) is 9.59 Å². The predicted molar refractivity (Wildman–Crippen MR) is 115 cm³/mol. The Morgan fingerprint density at radius 2 is 1.68 bits per heavy atom. The number of fused-ring (bicyclic) bond motifs is 1. The zero-order valence-electron chi connectivity index (χ0n) is 16.9. The summed E-state index contributed by atoms with van der Waals surface area (Å²) >= 11 is 0. The highest BCUT2D eigenvalue weighted by Crippen LogP contribution is 2.34. The van der Waals surface area contributed by atoms with Crippen LogP contribution in [0.2, 0.25) is 0 Å². The van der Waals surface area contributed by atoms with E-state index in [4.69, 9.17) is 9.47 Å². The van der Waals surface area contributed by atoms with Crippen molar-refractivity contribution in [3.8, 4) is 17.2 Å². The Kier molecular flexibility index (Phi) is 5.84. The van der Waals surface area contributed by atoms with Crippen LogP contribution in [0.25, 0.3) is 0 Å². The third kappa shape index (κ3) is 4.83. The zero-order chi connectivity index (χ0) is 21.8. The highest BCUT2D eigenvalue weighted by atomic mass is 19.1. The number of anilines is 2. The number of amides is 2. The summed E-state index contributed by atoms with van der Waals surface area (Å²) in [6.07, 6.45) is 0.00337. The van der Waals surface area contributed by atoms with Gasteiger partial charge in [0.2, 0.25) is 11.8 Å². The van der Waals surface area contributed by atoms with E-state index >= 15 is 0 Å². The molecular formula is C24H21FN2O4. The lowest BCUT2D eigenvalue weighted by molar-refractivity contribution is -0.123. The molecule has 2 amide bonds. The molecule has 0 fully saturated rings. The Hall–Kier alpha value is -3.87. The van der Waals surface area contributed by atoms with Crippen molar-refractivity contribution in [1.29, 1.82) is 0 Å². The molecule has 0 saturated heterocycles. The lowest BCUT2D eigenvalue weighted by atomic mass is 9.89. The molecule has 1 aliphatic rings. The highest BCUT2D eigenvalue weighted by molar-refractivity contribution is 6.05. The average Bonchev–Trinajstić information content (AvgIpc) is 2.75. The van der Waals surface area contributed by atoms with Gasteiger partial charge in [0.15, 0.2) is 0 Å². The molecule has 2 N–H and O–H groups in total. The summed E-state index contributed by atoms with van der Waals surface area (Å²) in [6.45, 7) is 2.52. The van der Waals surface area contributed by atoms with E-state index < -0.39 is 11.7 Å². The van der Waals surface area contributed by atoms with Gasteiger partial charge in [-0.2, -0.15) is 0 Å². The standard InChI is InChI=1S/C24H21FN2O4/c1-2-30-17-8-10-19(11-9-17)31-18-6-4-16(5-7-18)26-24(29)21-14-23(28)27-22-13-15(25)3-12-20(21)22/h3-13,21H,2,14H2,1H3,(H,26,29)(H,27,28). The zero-order valence-corrected chi connectivity index (χ0v) is 16.9. The van der Waals surface area contributed by atoms with E-state index in [9.17, 15) is 14.0 Å². The first-order chi connectivity index (χ1) is 15.0. The number of carbonyl (C=O) groups is 2. The lowest BCUT2D eigenvalue weighted by Gasteiger charge is -2.25. The summed E-state index contributed by atoms with van der Waals surface area (Å²) in [5.41, 5.74) is 1.49. The van der Waals surface area contributed by atoms with Crippen molar-refractivity contribution in [2.45, 2.75) is 19.3 Å². The molecule has 158 valence electrons. The van der Waals surface area contributed by atoms with Crippen molar-refractivity contribution in [3.63, 3.8) is 0 Å². The third-order valence-corrected chi connectivity index (χ3v) is 4.86. The maximum Gasteiger partial charge on any atom is 0.232 e. The first kappa shape index (κ1) is 20.4. The fraction of sp³-hybridized carbons (Fsp3) is 0.167. The molecule has 1 atom stereocenters. The molecule has 3 aromatic rings. The number of ether oxygens (including phenoxy) is 2. The number of nitrogens with one attached hydrogen (secondary N) is 2. The monoisotopic (exact) mass is 420 g/mol. The Balaban J connectivity index is 1.42. The second-order valence-electron chi connectivity index (χ2n) is 7.06. The molecule has 7 heteroatoms. The first-order valence-corrected chi connectivity index (χ1v) is 9.93. The van der Waals surface area contributed by atoms with Gasteiger partial charge in [0.05, 0.1) is 12.5 Å². The van der Waals surface area contributed by atoms with Gasteiger partial charge < -0.3 is 20.1 Å². The van der Waals surface area contributed by atoms with Crippen LogP contribution < -0.4 is 20.1 Å². The molecule has 1 heterocycles. The van der Waals surface area contributed by atoms with Gasteiger partial charge in [-0.25, -0.2) is 4.39 Å². The van der Waals surface area contributed by atoms with Gasteiger partial charge in [-0.1, -0.05) is 6.07 Å². The first-order valence-electron chi connectivity index (χ1n) is 9.93. The number of benzene rings is 3. The molecule has 0 aromatic heterocycles. The molecule has 0 radical (unpaired) electrons. The van der Waals surface area contributed by atoms with Gasteiger partial charge in [0.25, 0.3) is 0 Å². The summed E-state index contributed by atoms with van der Waals surface area (Å²) in [7, 11) is 0. The van der Waals surface area contributed by atoms with Crippen LogP contribution >= 0.6 is 0 Å². The second kappa shape index (κ2) is 8.87. The molecule has 0 saturated carbocycles. The van der Waals surface area contributed by atoms with Gasteiger partial charge in [-0.15, -0.1) is 0 Å². The number of rotatable bonds is 6. The van der Waals surface area contributed by atoms with Gasteiger partial charge in [-0.05, 0) is 73.2 Å². The Morgan fingerprint density at radius 3 is 2.35 bits per heavy atom. The molecule has 1 unspecified atom stereocenters. The van der Waals surface area contributed by atoms with E-state index in [-0.39, 0.29) is 18.2 Å². The normalized spacial score (nSPS) is 14.9. The highest BCUT2D eigenvalue weighted by Gasteiger charge is 2.31. The molecule has 0 aliphatic carbocycles. The molecule has 3 aromatic carbocycles. The van der Waals surface area contributed by atoms with E-state index in [1.54, 1.807) is 24.3 Å². The van der Waals surface area contributed by atoms with E-state index in [0.29, 0.717) is 35.0 Å². The number of hydrogen-bond acceptors (Lipinski definition) is 4. The maximum absolute atomic E-state index is 13.5. The molecule has 1 aliphatic heterocycles. The number of halogens is 1. The van der Waals surface area contributed by atoms with Crippen LogP contribution in [0.15, 0.2) is 66.7 Å². The largest absolute Gasteiger partial charge is 0.494 e. The van der Waals surface area contributed by atoms with Crippen LogP contribution in [-0.4, -0.2) is 18.4 Å². The van der Waals surface area contributed by atoms with Crippen LogP contribution in [0.1, 0.15) is 24.8 Å². The molecule has 0 bridgehead atoms. The summed E-state index contributed by atoms with van der Waals surface area (Å²) in [5.74, 6) is 0.235. The quantitative estimate of drug-likeness (QED) is 0.583. The fourth-order valence-corrected chi connectivity index (χ4v) is 3.41. The summed E-state index contributed by atoms with van der Waals surface area (Å²) < 4.78 is 24.7.